The number of carbonyl (C=O) groups is 2. The molecule has 0 rings (SSSR count). The van der Waals surface area contributed by atoms with Crippen molar-refractivity contribution in [2.75, 3.05) is 0 Å². The van der Waals surface area contributed by atoms with E-state index in [0.717, 1.165) is 57.8 Å². The molecule has 0 saturated heterocycles. The van der Waals surface area contributed by atoms with Crippen molar-refractivity contribution < 1.29 is 19.8 Å². The molecule has 0 bridgehead atoms. The SMILES string of the molecule is CCCC(CCCCCCCCCCCCC(=O)O)C(C)(CCC)C(=O)O. The van der Waals surface area contributed by atoms with Crippen LogP contribution in [0.2, 0.25) is 0 Å². The minimum atomic E-state index is -0.686. The number of rotatable bonds is 19. The Hall–Kier alpha value is -1.06. The lowest BCUT2D eigenvalue weighted by Gasteiger charge is -2.34. The fourth-order valence-corrected chi connectivity index (χ4v) is 4.22. The molecule has 0 fully saturated rings. The van der Waals surface area contributed by atoms with Crippen LogP contribution in [0.4, 0.5) is 0 Å². The van der Waals surface area contributed by atoms with Crippen LogP contribution in [0, 0.1) is 11.3 Å². The summed E-state index contributed by atoms with van der Waals surface area (Å²) in [5, 5.41) is 18.3. The quantitative estimate of drug-likeness (QED) is 0.234. The predicted octanol–water partition coefficient (Wildman–Crippen LogP) is 7.06. The highest BCUT2D eigenvalue weighted by Gasteiger charge is 2.39. The van der Waals surface area contributed by atoms with E-state index in [-0.39, 0.29) is 0 Å². The van der Waals surface area contributed by atoms with Gasteiger partial charge in [0.15, 0.2) is 0 Å². The molecule has 0 amide bonds. The Morgan fingerprint density at radius 3 is 1.63 bits per heavy atom. The second-order valence-electron chi connectivity index (χ2n) is 8.43. The van der Waals surface area contributed by atoms with Gasteiger partial charge in [-0.2, -0.15) is 0 Å². The van der Waals surface area contributed by atoms with E-state index in [4.69, 9.17) is 5.11 Å². The molecule has 0 aromatic carbocycles. The minimum absolute atomic E-state index is 0.297. The van der Waals surface area contributed by atoms with Crippen LogP contribution in [0.25, 0.3) is 0 Å². The summed E-state index contributed by atoms with van der Waals surface area (Å²) >= 11 is 0. The first-order chi connectivity index (χ1) is 12.9. The van der Waals surface area contributed by atoms with Gasteiger partial charge >= 0.3 is 11.9 Å². The topological polar surface area (TPSA) is 74.6 Å². The van der Waals surface area contributed by atoms with Crippen molar-refractivity contribution in [2.45, 2.75) is 124 Å². The normalized spacial score (nSPS) is 14.6. The minimum Gasteiger partial charge on any atom is -0.481 e. The van der Waals surface area contributed by atoms with Gasteiger partial charge in [-0.15, -0.1) is 0 Å². The average molecular weight is 385 g/mol. The molecule has 2 atom stereocenters. The van der Waals surface area contributed by atoms with Crippen LogP contribution in [0.1, 0.15) is 124 Å². The Morgan fingerprint density at radius 1 is 0.741 bits per heavy atom. The van der Waals surface area contributed by atoms with Gasteiger partial charge in [-0.05, 0) is 38.5 Å². The summed E-state index contributed by atoms with van der Waals surface area (Å²) in [5.74, 6) is -1.01. The molecule has 0 radical (unpaired) electrons. The molecule has 0 aliphatic carbocycles. The first-order valence-corrected chi connectivity index (χ1v) is 11.3. The van der Waals surface area contributed by atoms with Crippen molar-refractivity contribution in [3.8, 4) is 0 Å². The van der Waals surface area contributed by atoms with Gasteiger partial charge in [0.05, 0.1) is 5.41 Å². The zero-order valence-corrected chi connectivity index (χ0v) is 18.1. The average Bonchev–Trinajstić information content (AvgIpc) is 2.61. The summed E-state index contributed by atoms with van der Waals surface area (Å²) < 4.78 is 0. The largest absolute Gasteiger partial charge is 0.481 e. The standard InChI is InChI=1S/C23H44O4/c1-4-16-20(23(3,19-5-2)22(26)27)17-14-12-10-8-6-7-9-11-13-15-18-21(24)25/h20H,4-19H2,1-3H3,(H,24,25)(H,26,27). The molecule has 4 heteroatoms. The first kappa shape index (κ1) is 25.9. The number of carboxylic acid groups (broad SMARTS) is 2. The highest BCUT2D eigenvalue weighted by molar-refractivity contribution is 5.74. The number of hydrogen-bond acceptors (Lipinski definition) is 2. The fraction of sp³-hybridized carbons (Fsp3) is 0.913. The third-order valence-electron chi connectivity index (χ3n) is 5.99. The molecule has 0 saturated carbocycles. The van der Waals surface area contributed by atoms with Gasteiger partial charge in [0, 0.05) is 6.42 Å². The van der Waals surface area contributed by atoms with Gasteiger partial charge in [-0.25, -0.2) is 0 Å². The van der Waals surface area contributed by atoms with Gasteiger partial charge in [0.25, 0.3) is 0 Å². The van der Waals surface area contributed by atoms with E-state index in [1.54, 1.807) is 0 Å². The van der Waals surface area contributed by atoms with Crippen LogP contribution in [0.3, 0.4) is 0 Å². The van der Waals surface area contributed by atoms with E-state index in [9.17, 15) is 14.7 Å². The lowest BCUT2D eigenvalue weighted by atomic mass is 9.70. The van der Waals surface area contributed by atoms with E-state index in [1.165, 1.54) is 38.5 Å². The highest BCUT2D eigenvalue weighted by atomic mass is 16.4. The Kier molecular flexibility index (Phi) is 15.3. The van der Waals surface area contributed by atoms with Gasteiger partial charge in [0.2, 0.25) is 0 Å². The van der Waals surface area contributed by atoms with Crippen molar-refractivity contribution in [2.24, 2.45) is 11.3 Å². The highest BCUT2D eigenvalue weighted by Crippen LogP contribution is 2.39. The molecular formula is C23H44O4. The van der Waals surface area contributed by atoms with Crippen LogP contribution in [0.5, 0.6) is 0 Å². The van der Waals surface area contributed by atoms with Gasteiger partial charge < -0.3 is 10.2 Å². The van der Waals surface area contributed by atoms with E-state index in [2.05, 4.69) is 13.8 Å². The fourth-order valence-electron chi connectivity index (χ4n) is 4.22. The van der Waals surface area contributed by atoms with Crippen molar-refractivity contribution in [1.29, 1.82) is 0 Å². The molecule has 27 heavy (non-hydrogen) atoms. The Balaban J connectivity index is 3.84. The number of aliphatic carboxylic acids is 2. The second kappa shape index (κ2) is 15.9. The van der Waals surface area contributed by atoms with Crippen molar-refractivity contribution in [1.82, 2.24) is 0 Å². The summed E-state index contributed by atoms with van der Waals surface area (Å²) in [5.41, 5.74) is -0.564. The molecule has 2 N–H and O–H groups in total. The Bertz CT molecular complexity index is 394. The smallest absolute Gasteiger partial charge is 0.309 e. The van der Waals surface area contributed by atoms with Crippen LogP contribution in [-0.4, -0.2) is 22.2 Å². The van der Waals surface area contributed by atoms with E-state index in [1.807, 2.05) is 6.92 Å². The third kappa shape index (κ3) is 12.1. The zero-order valence-electron chi connectivity index (χ0n) is 18.1. The monoisotopic (exact) mass is 384 g/mol. The van der Waals surface area contributed by atoms with E-state index < -0.39 is 17.4 Å². The van der Waals surface area contributed by atoms with Gasteiger partial charge in [-0.3, -0.25) is 9.59 Å². The molecule has 2 unspecified atom stereocenters. The van der Waals surface area contributed by atoms with Crippen LogP contribution < -0.4 is 0 Å². The summed E-state index contributed by atoms with van der Waals surface area (Å²) in [6, 6.07) is 0. The molecule has 0 aliphatic rings. The van der Waals surface area contributed by atoms with E-state index >= 15 is 0 Å². The molecule has 160 valence electrons. The van der Waals surface area contributed by atoms with Crippen LogP contribution >= 0.6 is 0 Å². The molecular weight excluding hydrogens is 340 g/mol. The van der Waals surface area contributed by atoms with Crippen molar-refractivity contribution in [3.63, 3.8) is 0 Å². The Labute approximate surface area is 167 Å². The van der Waals surface area contributed by atoms with E-state index in [0.29, 0.717) is 12.3 Å². The van der Waals surface area contributed by atoms with Gasteiger partial charge in [-0.1, -0.05) is 84.5 Å². The maximum absolute atomic E-state index is 11.8. The molecule has 0 aromatic rings. The number of carboxylic acids is 2. The lowest BCUT2D eigenvalue weighted by molar-refractivity contribution is -0.152. The summed E-state index contributed by atoms with van der Waals surface area (Å²) in [7, 11) is 0. The van der Waals surface area contributed by atoms with Crippen molar-refractivity contribution >= 4 is 11.9 Å². The maximum atomic E-state index is 11.8. The van der Waals surface area contributed by atoms with Crippen LogP contribution in [-0.2, 0) is 9.59 Å². The first-order valence-electron chi connectivity index (χ1n) is 11.3. The lowest BCUT2D eigenvalue weighted by Crippen LogP contribution is -2.36. The zero-order chi connectivity index (χ0) is 20.5. The number of hydrogen-bond donors (Lipinski definition) is 2. The second-order valence-corrected chi connectivity index (χ2v) is 8.43. The number of unbranched alkanes of at least 4 members (excludes halogenated alkanes) is 9. The molecule has 0 heterocycles. The molecule has 4 nitrogen and oxygen atoms in total. The summed E-state index contributed by atoms with van der Waals surface area (Å²) in [6.07, 6.45) is 16.7. The Morgan fingerprint density at radius 2 is 1.22 bits per heavy atom. The maximum Gasteiger partial charge on any atom is 0.309 e. The molecule has 0 spiro atoms. The molecule has 0 aliphatic heterocycles. The van der Waals surface area contributed by atoms with Crippen molar-refractivity contribution in [3.05, 3.63) is 0 Å². The van der Waals surface area contributed by atoms with Gasteiger partial charge in [0.1, 0.15) is 0 Å². The van der Waals surface area contributed by atoms with Crippen LogP contribution in [0.15, 0.2) is 0 Å². The predicted molar refractivity (Wildman–Crippen MR) is 112 cm³/mol. The summed E-state index contributed by atoms with van der Waals surface area (Å²) in [6.45, 7) is 6.19. The molecule has 0 aromatic heterocycles. The summed E-state index contributed by atoms with van der Waals surface area (Å²) in [4.78, 5) is 22.3. The third-order valence-corrected chi connectivity index (χ3v) is 5.99.